The number of fused-ring (bicyclic) bond motifs is 1. The lowest BCUT2D eigenvalue weighted by molar-refractivity contribution is 0.619. The number of alkyl halides is 1. The van der Waals surface area contributed by atoms with Gasteiger partial charge in [-0.15, -0.1) is 0 Å². The van der Waals surface area contributed by atoms with E-state index in [0.717, 1.165) is 16.5 Å². The molecule has 94 valence electrons. The largest absolute Gasteiger partial charge is 0.456 e. The van der Waals surface area contributed by atoms with E-state index in [0.29, 0.717) is 16.7 Å². The van der Waals surface area contributed by atoms with Gasteiger partial charge >= 0.3 is 0 Å². The molecule has 0 saturated carbocycles. The van der Waals surface area contributed by atoms with Crippen LogP contribution in [0.2, 0.25) is 0 Å². The zero-order chi connectivity index (χ0) is 13.2. The molecule has 0 saturated heterocycles. The molecule has 1 aromatic heterocycles. The lowest BCUT2D eigenvalue weighted by Gasteiger charge is -2.04. The minimum atomic E-state index is -0.0129. The molecule has 0 aliphatic heterocycles. The maximum atomic E-state index is 12.1. The Morgan fingerprint density at radius 2 is 1.84 bits per heavy atom. The second-order valence-electron chi connectivity index (χ2n) is 4.31. The summed E-state index contributed by atoms with van der Waals surface area (Å²) in [6, 6.07) is 16.8. The second-order valence-corrected chi connectivity index (χ2v) is 4.87. The van der Waals surface area contributed by atoms with Crippen LogP contribution in [0.25, 0.3) is 22.3 Å². The highest BCUT2D eigenvalue weighted by atomic mass is 79.9. The summed E-state index contributed by atoms with van der Waals surface area (Å²) in [5.41, 5.74) is 2.67. The third-order valence-corrected chi connectivity index (χ3v) is 3.65. The smallest absolute Gasteiger partial charge is 0.193 e. The fourth-order valence-corrected chi connectivity index (χ4v) is 2.40. The van der Waals surface area contributed by atoms with Gasteiger partial charge in [-0.05, 0) is 23.8 Å². The molecule has 3 heteroatoms. The van der Waals surface area contributed by atoms with Crippen molar-refractivity contribution in [1.29, 1.82) is 0 Å². The van der Waals surface area contributed by atoms with Crippen molar-refractivity contribution in [3.05, 3.63) is 70.4 Å². The number of rotatable bonds is 2. The number of benzene rings is 2. The van der Waals surface area contributed by atoms with E-state index >= 15 is 0 Å². The molecule has 0 atom stereocenters. The van der Waals surface area contributed by atoms with Crippen LogP contribution in [0.5, 0.6) is 0 Å². The molecule has 0 aliphatic carbocycles. The molecule has 0 aliphatic rings. The minimum Gasteiger partial charge on any atom is -0.456 e. The van der Waals surface area contributed by atoms with Gasteiger partial charge in [0.1, 0.15) is 11.3 Å². The van der Waals surface area contributed by atoms with Crippen LogP contribution in [-0.2, 0) is 5.33 Å². The van der Waals surface area contributed by atoms with Gasteiger partial charge in [-0.1, -0.05) is 46.3 Å². The topological polar surface area (TPSA) is 30.2 Å². The van der Waals surface area contributed by atoms with Gasteiger partial charge < -0.3 is 4.42 Å². The van der Waals surface area contributed by atoms with Gasteiger partial charge in [-0.3, -0.25) is 4.79 Å². The van der Waals surface area contributed by atoms with E-state index in [1.165, 1.54) is 0 Å². The molecule has 2 nitrogen and oxygen atoms in total. The number of hydrogen-bond acceptors (Lipinski definition) is 2. The molecule has 0 spiro atoms. The molecule has 2 aromatic carbocycles. The zero-order valence-corrected chi connectivity index (χ0v) is 11.7. The molecule has 0 unspecified atom stereocenters. The van der Waals surface area contributed by atoms with Crippen LogP contribution in [0.3, 0.4) is 0 Å². The minimum absolute atomic E-state index is 0.0129. The van der Waals surface area contributed by atoms with Crippen LogP contribution in [0, 0.1) is 0 Å². The first-order valence-electron chi connectivity index (χ1n) is 5.96. The van der Waals surface area contributed by atoms with E-state index in [-0.39, 0.29) is 5.43 Å². The molecule has 3 aromatic rings. The predicted molar refractivity (Wildman–Crippen MR) is 80.6 cm³/mol. The van der Waals surface area contributed by atoms with E-state index in [1.807, 2.05) is 42.5 Å². The Bertz CT molecular complexity index is 790. The number of hydrogen-bond donors (Lipinski definition) is 0. The Balaban J connectivity index is 2.22. The summed E-state index contributed by atoms with van der Waals surface area (Å²) in [7, 11) is 0. The standard InChI is InChI=1S/C16H11BrO2/c17-10-11-4-3-5-12(8-11)16-9-14(18)13-6-1-2-7-15(13)19-16/h1-9H,10H2. The van der Waals surface area contributed by atoms with Crippen LogP contribution >= 0.6 is 15.9 Å². The Kier molecular flexibility index (Phi) is 3.22. The second kappa shape index (κ2) is 5.02. The summed E-state index contributed by atoms with van der Waals surface area (Å²) in [6.45, 7) is 0. The van der Waals surface area contributed by atoms with E-state index in [9.17, 15) is 4.79 Å². The van der Waals surface area contributed by atoms with Crippen LogP contribution in [0.4, 0.5) is 0 Å². The fraction of sp³-hybridized carbons (Fsp3) is 0.0625. The average Bonchev–Trinajstić information content (AvgIpc) is 2.47. The van der Waals surface area contributed by atoms with Crippen LogP contribution < -0.4 is 5.43 Å². The fourth-order valence-electron chi connectivity index (χ4n) is 2.05. The molecule has 0 fully saturated rings. The SMILES string of the molecule is O=c1cc(-c2cccc(CBr)c2)oc2ccccc12. The van der Waals surface area contributed by atoms with Crippen molar-refractivity contribution in [1.82, 2.24) is 0 Å². The summed E-state index contributed by atoms with van der Waals surface area (Å²) in [4.78, 5) is 12.1. The van der Waals surface area contributed by atoms with Crippen molar-refractivity contribution in [3.63, 3.8) is 0 Å². The average molecular weight is 315 g/mol. The van der Waals surface area contributed by atoms with Crippen molar-refractivity contribution in [3.8, 4) is 11.3 Å². The molecule has 0 bridgehead atoms. The van der Waals surface area contributed by atoms with Crippen LogP contribution in [0.15, 0.2) is 63.8 Å². The molecule has 0 amide bonds. The van der Waals surface area contributed by atoms with Crippen molar-refractivity contribution in [2.45, 2.75) is 5.33 Å². The molecular formula is C16H11BrO2. The van der Waals surface area contributed by atoms with E-state index in [2.05, 4.69) is 15.9 Å². The monoisotopic (exact) mass is 314 g/mol. The first kappa shape index (κ1) is 12.2. The predicted octanol–water partition coefficient (Wildman–Crippen LogP) is 4.35. The Morgan fingerprint density at radius 1 is 1.00 bits per heavy atom. The highest BCUT2D eigenvalue weighted by molar-refractivity contribution is 9.08. The number of halogens is 1. The van der Waals surface area contributed by atoms with Gasteiger partial charge in [0.2, 0.25) is 0 Å². The molecule has 19 heavy (non-hydrogen) atoms. The van der Waals surface area contributed by atoms with E-state index in [4.69, 9.17) is 4.42 Å². The third-order valence-electron chi connectivity index (χ3n) is 3.00. The summed E-state index contributed by atoms with van der Waals surface area (Å²) in [5, 5.41) is 1.39. The van der Waals surface area contributed by atoms with Gasteiger partial charge in [0.15, 0.2) is 5.43 Å². The lowest BCUT2D eigenvalue weighted by atomic mass is 10.1. The van der Waals surface area contributed by atoms with Gasteiger partial charge in [0.05, 0.1) is 5.39 Å². The molecule has 1 heterocycles. The van der Waals surface area contributed by atoms with Crippen molar-refractivity contribution in [2.75, 3.05) is 0 Å². The van der Waals surface area contributed by atoms with Crippen LogP contribution in [-0.4, -0.2) is 0 Å². The molecule has 0 N–H and O–H groups in total. The van der Waals surface area contributed by atoms with Gasteiger partial charge in [0.25, 0.3) is 0 Å². The quantitative estimate of drug-likeness (QED) is 0.658. The Morgan fingerprint density at radius 3 is 2.68 bits per heavy atom. The van der Waals surface area contributed by atoms with E-state index < -0.39 is 0 Å². The number of para-hydroxylation sites is 1. The molecule has 3 rings (SSSR count). The van der Waals surface area contributed by atoms with Crippen molar-refractivity contribution >= 4 is 26.9 Å². The summed E-state index contributed by atoms with van der Waals surface area (Å²) < 4.78 is 5.81. The Labute approximate surface area is 118 Å². The van der Waals surface area contributed by atoms with Gasteiger partial charge in [0, 0.05) is 17.0 Å². The summed E-state index contributed by atoms with van der Waals surface area (Å²) in [5.74, 6) is 0.603. The molecule has 0 radical (unpaired) electrons. The molecular weight excluding hydrogens is 304 g/mol. The van der Waals surface area contributed by atoms with Gasteiger partial charge in [-0.25, -0.2) is 0 Å². The normalized spacial score (nSPS) is 10.8. The van der Waals surface area contributed by atoms with Crippen molar-refractivity contribution < 1.29 is 4.42 Å². The maximum Gasteiger partial charge on any atom is 0.193 e. The highest BCUT2D eigenvalue weighted by Crippen LogP contribution is 2.23. The first-order valence-corrected chi connectivity index (χ1v) is 7.08. The summed E-state index contributed by atoms with van der Waals surface area (Å²) >= 11 is 3.43. The summed E-state index contributed by atoms with van der Waals surface area (Å²) in [6.07, 6.45) is 0. The highest BCUT2D eigenvalue weighted by Gasteiger charge is 2.06. The lowest BCUT2D eigenvalue weighted by Crippen LogP contribution is -1.99. The van der Waals surface area contributed by atoms with Gasteiger partial charge in [-0.2, -0.15) is 0 Å². The third kappa shape index (κ3) is 2.34. The van der Waals surface area contributed by atoms with Crippen LogP contribution in [0.1, 0.15) is 5.56 Å². The Hall–Kier alpha value is -1.87. The first-order chi connectivity index (χ1) is 9.28. The zero-order valence-electron chi connectivity index (χ0n) is 10.1. The van der Waals surface area contributed by atoms with Crippen molar-refractivity contribution in [2.24, 2.45) is 0 Å². The van der Waals surface area contributed by atoms with E-state index in [1.54, 1.807) is 12.1 Å². The maximum absolute atomic E-state index is 12.1.